The van der Waals surface area contributed by atoms with Crippen LogP contribution in [0.25, 0.3) is 0 Å². The van der Waals surface area contributed by atoms with Gasteiger partial charge in [-0.1, -0.05) is 30.3 Å². The van der Waals surface area contributed by atoms with Crippen molar-refractivity contribution in [3.05, 3.63) is 35.9 Å². The first-order chi connectivity index (χ1) is 12.7. The molecule has 2 amide bonds. The molecule has 0 aromatic heterocycles. The van der Waals surface area contributed by atoms with Crippen molar-refractivity contribution in [2.45, 2.75) is 63.1 Å². The molecule has 1 atom stereocenters. The third kappa shape index (κ3) is 3.50. The third-order valence-corrected chi connectivity index (χ3v) is 6.42. The van der Waals surface area contributed by atoms with Crippen LogP contribution < -0.4 is 5.32 Å². The van der Waals surface area contributed by atoms with Crippen LogP contribution in [0.15, 0.2) is 30.3 Å². The second-order valence-electron chi connectivity index (χ2n) is 8.03. The molecule has 3 fully saturated rings. The second kappa shape index (κ2) is 7.39. The lowest BCUT2D eigenvalue weighted by molar-refractivity contribution is -0.133. The van der Waals surface area contributed by atoms with Crippen LogP contribution in [0.5, 0.6) is 0 Å². The maximum Gasteiger partial charge on any atom is 0.225 e. The van der Waals surface area contributed by atoms with Crippen molar-refractivity contribution in [3.8, 4) is 0 Å². The quantitative estimate of drug-likeness (QED) is 0.902. The minimum atomic E-state index is -0.00930. The first-order valence-corrected chi connectivity index (χ1v) is 9.89. The Labute approximate surface area is 155 Å². The Hall–Kier alpha value is -1.88. The Morgan fingerprint density at radius 2 is 1.92 bits per heavy atom. The lowest BCUT2D eigenvalue weighted by Crippen LogP contribution is -2.51. The molecule has 5 heteroatoms. The SMILES string of the molecule is O=C(NC1CCC2(CCC(=O)N2Cc2ccccc2)CC1)C1CCOC1. The molecule has 1 unspecified atom stereocenters. The minimum Gasteiger partial charge on any atom is -0.381 e. The molecule has 2 heterocycles. The van der Waals surface area contributed by atoms with Crippen LogP contribution in [0.3, 0.4) is 0 Å². The number of amides is 2. The number of nitrogens with zero attached hydrogens (tertiary/aromatic N) is 1. The summed E-state index contributed by atoms with van der Waals surface area (Å²) in [5.74, 6) is 0.444. The number of carbonyl (C=O) groups is 2. The van der Waals surface area contributed by atoms with Crippen molar-refractivity contribution >= 4 is 11.8 Å². The number of ether oxygens (including phenoxy) is 1. The fourth-order valence-electron chi connectivity index (χ4n) is 4.78. The highest BCUT2D eigenvalue weighted by Gasteiger charge is 2.47. The molecule has 4 rings (SSSR count). The van der Waals surface area contributed by atoms with Crippen molar-refractivity contribution in [1.82, 2.24) is 10.2 Å². The molecule has 140 valence electrons. The van der Waals surface area contributed by atoms with Crippen LogP contribution in [-0.4, -0.2) is 41.5 Å². The molecule has 1 aromatic rings. The zero-order valence-corrected chi connectivity index (χ0v) is 15.3. The van der Waals surface area contributed by atoms with Crippen molar-refractivity contribution in [2.75, 3.05) is 13.2 Å². The summed E-state index contributed by atoms with van der Waals surface area (Å²) >= 11 is 0. The van der Waals surface area contributed by atoms with Crippen LogP contribution in [0, 0.1) is 5.92 Å². The molecule has 1 N–H and O–H groups in total. The van der Waals surface area contributed by atoms with Gasteiger partial charge in [-0.2, -0.15) is 0 Å². The van der Waals surface area contributed by atoms with Gasteiger partial charge in [0.1, 0.15) is 0 Å². The highest BCUT2D eigenvalue weighted by Crippen LogP contribution is 2.43. The molecular weight excluding hydrogens is 328 g/mol. The molecule has 26 heavy (non-hydrogen) atoms. The van der Waals surface area contributed by atoms with E-state index in [0.717, 1.165) is 38.5 Å². The summed E-state index contributed by atoms with van der Waals surface area (Å²) in [7, 11) is 0. The predicted octanol–water partition coefficient (Wildman–Crippen LogP) is 2.64. The third-order valence-electron chi connectivity index (χ3n) is 6.42. The zero-order chi connectivity index (χ0) is 18.0. The van der Waals surface area contributed by atoms with Crippen LogP contribution >= 0.6 is 0 Å². The molecule has 2 aliphatic heterocycles. The smallest absolute Gasteiger partial charge is 0.225 e. The van der Waals surface area contributed by atoms with Gasteiger partial charge in [0, 0.05) is 31.2 Å². The van der Waals surface area contributed by atoms with Crippen molar-refractivity contribution in [2.24, 2.45) is 5.92 Å². The van der Waals surface area contributed by atoms with Crippen LogP contribution in [0.2, 0.25) is 0 Å². The van der Waals surface area contributed by atoms with Gasteiger partial charge in [0.2, 0.25) is 11.8 Å². The normalized spacial score (nSPS) is 31.5. The molecule has 3 aliphatic rings. The summed E-state index contributed by atoms with van der Waals surface area (Å²) in [6.45, 7) is 1.96. The first kappa shape index (κ1) is 17.5. The topological polar surface area (TPSA) is 58.6 Å². The van der Waals surface area contributed by atoms with E-state index in [0.29, 0.717) is 26.2 Å². The molecule has 1 aromatic carbocycles. The molecule has 5 nitrogen and oxygen atoms in total. The van der Waals surface area contributed by atoms with E-state index < -0.39 is 0 Å². The summed E-state index contributed by atoms with van der Waals surface area (Å²) in [5, 5.41) is 3.22. The lowest BCUT2D eigenvalue weighted by Gasteiger charge is -2.44. The average molecular weight is 356 g/mol. The van der Waals surface area contributed by atoms with E-state index in [-0.39, 0.29) is 29.3 Å². The summed E-state index contributed by atoms with van der Waals surface area (Å²) in [5.41, 5.74) is 1.18. The second-order valence-corrected chi connectivity index (χ2v) is 8.03. The fraction of sp³-hybridized carbons (Fsp3) is 0.619. The van der Waals surface area contributed by atoms with Gasteiger partial charge < -0.3 is 15.0 Å². The number of carbonyl (C=O) groups excluding carboxylic acids is 2. The Balaban J connectivity index is 1.37. The monoisotopic (exact) mass is 356 g/mol. The maximum atomic E-state index is 12.5. The zero-order valence-electron chi connectivity index (χ0n) is 15.3. The Morgan fingerprint density at radius 3 is 2.62 bits per heavy atom. The Bertz CT molecular complexity index is 646. The van der Waals surface area contributed by atoms with Gasteiger partial charge in [-0.15, -0.1) is 0 Å². The van der Waals surface area contributed by atoms with Gasteiger partial charge >= 0.3 is 0 Å². The predicted molar refractivity (Wildman–Crippen MR) is 98.3 cm³/mol. The molecule has 2 saturated heterocycles. The highest BCUT2D eigenvalue weighted by molar-refractivity contribution is 5.80. The summed E-state index contributed by atoms with van der Waals surface area (Å²) < 4.78 is 5.32. The number of hydrogen-bond donors (Lipinski definition) is 1. The Morgan fingerprint density at radius 1 is 1.15 bits per heavy atom. The summed E-state index contributed by atoms with van der Waals surface area (Å²) in [6, 6.07) is 10.5. The fourth-order valence-corrected chi connectivity index (χ4v) is 4.78. The summed E-state index contributed by atoms with van der Waals surface area (Å²) in [6.07, 6.45) is 6.33. The van der Waals surface area contributed by atoms with E-state index in [9.17, 15) is 9.59 Å². The molecule has 1 spiro atoms. The van der Waals surface area contributed by atoms with Gasteiger partial charge in [0.25, 0.3) is 0 Å². The number of likely N-dealkylation sites (tertiary alicyclic amines) is 1. The Kier molecular flexibility index (Phi) is 4.98. The van der Waals surface area contributed by atoms with Gasteiger partial charge in [0.05, 0.1) is 12.5 Å². The number of hydrogen-bond acceptors (Lipinski definition) is 3. The first-order valence-electron chi connectivity index (χ1n) is 9.89. The molecule has 1 saturated carbocycles. The van der Waals surface area contributed by atoms with Crippen molar-refractivity contribution in [1.29, 1.82) is 0 Å². The van der Waals surface area contributed by atoms with E-state index in [2.05, 4.69) is 22.3 Å². The van der Waals surface area contributed by atoms with E-state index in [1.807, 2.05) is 18.2 Å². The molecule has 1 aliphatic carbocycles. The number of rotatable bonds is 4. The van der Waals surface area contributed by atoms with Gasteiger partial charge in [-0.05, 0) is 44.1 Å². The van der Waals surface area contributed by atoms with Crippen molar-refractivity contribution in [3.63, 3.8) is 0 Å². The van der Waals surface area contributed by atoms with E-state index >= 15 is 0 Å². The van der Waals surface area contributed by atoms with Crippen LogP contribution in [0.4, 0.5) is 0 Å². The van der Waals surface area contributed by atoms with Crippen molar-refractivity contribution < 1.29 is 14.3 Å². The summed E-state index contributed by atoms with van der Waals surface area (Å²) in [4.78, 5) is 27.0. The maximum absolute atomic E-state index is 12.5. The molecule has 0 radical (unpaired) electrons. The minimum absolute atomic E-state index is 0.00930. The van der Waals surface area contributed by atoms with Gasteiger partial charge in [-0.3, -0.25) is 9.59 Å². The number of nitrogens with one attached hydrogen (secondary N) is 1. The van der Waals surface area contributed by atoms with Gasteiger partial charge in [0.15, 0.2) is 0 Å². The van der Waals surface area contributed by atoms with E-state index in [1.165, 1.54) is 5.56 Å². The number of benzene rings is 1. The largest absolute Gasteiger partial charge is 0.381 e. The lowest BCUT2D eigenvalue weighted by atomic mass is 9.77. The molecule has 0 bridgehead atoms. The van der Waals surface area contributed by atoms with Gasteiger partial charge in [-0.25, -0.2) is 0 Å². The highest BCUT2D eigenvalue weighted by atomic mass is 16.5. The molecular formula is C21H28N2O3. The average Bonchev–Trinajstić information content (AvgIpc) is 3.30. The van der Waals surface area contributed by atoms with Crippen LogP contribution in [0.1, 0.15) is 50.5 Å². The van der Waals surface area contributed by atoms with Crippen LogP contribution in [-0.2, 0) is 20.9 Å². The van der Waals surface area contributed by atoms with E-state index in [1.54, 1.807) is 0 Å². The standard InChI is InChI=1S/C21H28N2O3/c24-19-8-12-21(23(19)14-16-4-2-1-3-5-16)10-6-18(7-11-21)22-20(25)17-9-13-26-15-17/h1-5,17-18H,6-15H2,(H,22,25). The van der Waals surface area contributed by atoms with E-state index in [4.69, 9.17) is 4.74 Å².